The molecule has 1 aromatic rings. The number of alkyl carbamates (subject to hydrolysis) is 1. The summed E-state index contributed by atoms with van der Waals surface area (Å²) < 4.78 is 11.5. The topological polar surface area (TPSA) is 72.8 Å². The fourth-order valence-electron chi connectivity index (χ4n) is 2.28. The van der Waals surface area contributed by atoms with E-state index in [2.05, 4.69) is 26.2 Å². The van der Waals surface area contributed by atoms with Crippen molar-refractivity contribution >= 4 is 39.0 Å². The van der Waals surface area contributed by atoms with Gasteiger partial charge in [0, 0.05) is 22.0 Å². The number of hydrogen-bond acceptors (Lipinski definition) is 6. The van der Waals surface area contributed by atoms with Crippen LogP contribution in [-0.4, -0.2) is 34.7 Å². The Hall–Kier alpha value is -1.28. The van der Waals surface area contributed by atoms with E-state index >= 15 is 0 Å². The van der Waals surface area contributed by atoms with Crippen LogP contribution in [0.3, 0.4) is 0 Å². The quantitative estimate of drug-likeness (QED) is 0.787. The molecule has 0 aliphatic carbocycles. The summed E-state index contributed by atoms with van der Waals surface area (Å²) in [6.45, 7) is 7.48. The molecule has 2 heterocycles. The van der Waals surface area contributed by atoms with Crippen molar-refractivity contribution in [2.24, 2.45) is 4.99 Å². The first-order valence-electron chi connectivity index (χ1n) is 7.56. The van der Waals surface area contributed by atoms with Crippen LogP contribution in [0.25, 0.3) is 0 Å². The molecule has 1 amide bonds. The van der Waals surface area contributed by atoms with E-state index in [0.29, 0.717) is 11.0 Å². The number of hydrogen-bond donors (Lipinski definition) is 1. The molecular weight excluding hydrogens is 394 g/mol. The summed E-state index contributed by atoms with van der Waals surface area (Å²) in [5.74, 6) is 1.36. The van der Waals surface area contributed by atoms with E-state index in [9.17, 15) is 4.79 Å². The third-order valence-electron chi connectivity index (χ3n) is 3.38. The lowest BCUT2D eigenvalue weighted by molar-refractivity contribution is 0.0564. The lowest BCUT2D eigenvalue weighted by Crippen LogP contribution is -2.38. The fraction of sp³-hybridized carbons (Fsp3) is 0.562. The van der Waals surface area contributed by atoms with Crippen LogP contribution in [0.4, 0.5) is 4.79 Å². The number of thioether (sulfide) groups is 1. The Morgan fingerprint density at radius 1 is 1.46 bits per heavy atom. The summed E-state index contributed by atoms with van der Waals surface area (Å²) in [4.78, 5) is 21.0. The van der Waals surface area contributed by atoms with E-state index in [0.717, 1.165) is 22.2 Å². The van der Waals surface area contributed by atoms with Gasteiger partial charge in [-0.15, -0.1) is 0 Å². The molecule has 2 rings (SSSR count). The van der Waals surface area contributed by atoms with Gasteiger partial charge in [0.15, 0.2) is 5.17 Å². The summed E-state index contributed by atoms with van der Waals surface area (Å²) in [5, 5.41) is 3.27. The minimum atomic E-state index is -0.551. The average Bonchev–Trinajstić information content (AvgIpc) is 2.45. The fourth-order valence-corrected chi connectivity index (χ4v) is 3.73. The Bertz CT molecular complexity index is 660. The Balaban J connectivity index is 2.27. The van der Waals surface area contributed by atoms with Crippen molar-refractivity contribution in [1.29, 1.82) is 0 Å². The molecule has 0 radical (unpaired) electrons. The molecule has 1 atom stereocenters. The van der Waals surface area contributed by atoms with Crippen molar-refractivity contribution < 1.29 is 14.3 Å². The van der Waals surface area contributed by atoms with E-state index in [1.807, 2.05) is 33.8 Å². The van der Waals surface area contributed by atoms with Crippen LogP contribution >= 0.6 is 27.7 Å². The van der Waals surface area contributed by atoms with E-state index in [1.165, 1.54) is 11.8 Å². The maximum absolute atomic E-state index is 12.0. The van der Waals surface area contributed by atoms with Crippen LogP contribution in [0.15, 0.2) is 21.7 Å². The number of aliphatic imine (C=N–C) groups is 1. The van der Waals surface area contributed by atoms with Gasteiger partial charge in [0.25, 0.3) is 0 Å². The van der Waals surface area contributed by atoms with Gasteiger partial charge in [-0.25, -0.2) is 9.78 Å². The summed E-state index contributed by atoms with van der Waals surface area (Å²) >= 11 is 4.94. The van der Waals surface area contributed by atoms with Crippen LogP contribution in [0.1, 0.15) is 39.7 Å². The first-order chi connectivity index (χ1) is 11.1. The maximum Gasteiger partial charge on any atom is 0.413 e. The predicted molar refractivity (Wildman–Crippen MR) is 99.7 cm³/mol. The number of nitrogens with zero attached hydrogens (tertiary/aromatic N) is 2. The predicted octanol–water partition coefficient (Wildman–Crippen LogP) is 4.09. The lowest BCUT2D eigenvalue weighted by atomic mass is 9.90. The smallest absolute Gasteiger partial charge is 0.413 e. The standard InChI is InChI=1S/C16H22BrN3O3S/c1-15(2,3)23-14(21)19-13-20-16(4,6-7-24-13)11-8-10(17)9-18-12(11)22-5/h8-9H,6-7H2,1-5H3,(H,19,20,21)/t16-/m0/s1. The number of amides is 1. The van der Waals surface area contributed by atoms with Gasteiger partial charge >= 0.3 is 6.09 Å². The van der Waals surface area contributed by atoms with E-state index in [-0.39, 0.29) is 0 Å². The first-order valence-corrected chi connectivity index (χ1v) is 9.33. The summed E-state index contributed by atoms with van der Waals surface area (Å²) in [5.41, 5.74) is -0.203. The SMILES string of the molecule is COc1ncc(Br)cc1[C@]1(C)CCSC(NC(=O)OC(C)(C)C)=N1. The van der Waals surface area contributed by atoms with E-state index in [1.54, 1.807) is 13.3 Å². The van der Waals surface area contributed by atoms with Crippen LogP contribution < -0.4 is 10.1 Å². The lowest BCUT2D eigenvalue weighted by Gasteiger charge is -2.31. The Labute approximate surface area is 154 Å². The zero-order valence-electron chi connectivity index (χ0n) is 14.5. The number of rotatable bonds is 2. The van der Waals surface area contributed by atoms with Crippen LogP contribution in [0.5, 0.6) is 5.88 Å². The number of aromatic nitrogens is 1. The molecular formula is C16H22BrN3O3S. The van der Waals surface area contributed by atoms with Crippen LogP contribution in [0, 0.1) is 0 Å². The monoisotopic (exact) mass is 415 g/mol. The van der Waals surface area contributed by atoms with Crippen molar-refractivity contribution in [3.63, 3.8) is 0 Å². The molecule has 1 N–H and O–H groups in total. The molecule has 1 aliphatic heterocycles. The third-order valence-corrected chi connectivity index (χ3v) is 4.68. The van der Waals surface area contributed by atoms with Gasteiger partial charge < -0.3 is 9.47 Å². The van der Waals surface area contributed by atoms with Crippen molar-refractivity contribution in [2.75, 3.05) is 12.9 Å². The highest BCUT2D eigenvalue weighted by molar-refractivity contribution is 9.10. The zero-order valence-corrected chi connectivity index (χ0v) is 16.9. The number of halogens is 1. The van der Waals surface area contributed by atoms with Gasteiger partial charge in [-0.05, 0) is 56.1 Å². The summed E-state index contributed by atoms with van der Waals surface area (Å²) in [6, 6.07) is 1.95. The Morgan fingerprint density at radius 2 is 2.17 bits per heavy atom. The van der Waals surface area contributed by atoms with Gasteiger partial charge in [0.2, 0.25) is 5.88 Å². The van der Waals surface area contributed by atoms with E-state index < -0.39 is 17.2 Å². The summed E-state index contributed by atoms with van der Waals surface area (Å²) in [6.07, 6.45) is 2.00. The number of nitrogens with one attached hydrogen (secondary N) is 1. The molecule has 6 nitrogen and oxygen atoms in total. The third kappa shape index (κ3) is 4.86. The second-order valence-electron chi connectivity index (χ2n) is 6.63. The molecule has 0 saturated heterocycles. The number of amidine groups is 1. The molecule has 0 spiro atoms. The molecule has 1 aliphatic rings. The molecule has 132 valence electrons. The van der Waals surface area contributed by atoms with Gasteiger partial charge in [-0.2, -0.15) is 0 Å². The number of ether oxygens (including phenoxy) is 2. The molecule has 0 aromatic carbocycles. The maximum atomic E-state index is 12.0. The molecule has 0 saturated carbocycles. The zero-order chi connectivity index (χ0) is 18.0. The Kier molecular flexibility index (Phi) is 5.80. The molecule has 0 bridgehead atoms. The largest absolute Gasteiger partial charge is 0.481 e. The molecule has 8 heteroatoms. The van der Waals surface area contributed by atoms with Crippen LogP contribution in [0.2, 0.25) is 0 Å². The molecule has 0 fully saturated rings. The number of methoxy groups -OCH3 is 1. The van der Waals surface area contributed by atoms with Crippen molar-refractivity contribution in [3.8, 4) is 5.88 Å². The van der Waals surface area contributed by atoms with Gasteiger partial charge in [-0.1, -0.05) is 11.8 Å². The van der Waals surface area contributed by atoms with Gasteiger partial charge in [0.05, 0.1) is 12.6 Å². The highest BCUT2D eigenvalue weighted by Gasteiger charge is 2.34. The number of carbonyl (C=O) groups excluding carboxylic acids is 1. The minimum Gasteiger partial charge on any atom is -0.481 e. The number of pyridine rings is 1. The second-order valence-corrected chi connectivity index (χ2v) is 8.63. The van der Waals surface area contributed by atoms with Crippen molar-refractivity contribution in [2.45, 2.75) is 45.3 Å². The van der Waals surface area contributed by atoms with E-state index in [4.69, 9.17) is 14.5 Å². The molecule has 1 aromatic heterocycles. The first kappa shape index (κ1) is 19.1. The Morgan fingerprint density at radius 3 is 2.79 bits per heavy atom. The minimum absolute atomic E-state index is 0.502. The van der Waals surface area contributed by atoms with Crippen LogP contribution in [-0.2, 0) is 10.3 Å². The van der Waals surface area contributed by atoms with Crippen molar-refractivity contribution in [3.05, 3.63) is 22.3 Å². The second kappa shape index (κ2) is 7.31. The summed E-state index contributed by atoms with van der Waals surface area (Å²) in [7, 11) is 1.59. The average molecular weight is 416 g/mol. The molecule has 24 heavy (non-hydrogen) atoms. The highest BCUT2D eigenvalue weighted by Crippen LogP contribution is 2.40. The molecule has 0 unspecified atom stereocenters. The normalized spacial score (nSPS) is 21.0. The van der Waals surface area contributed by atoms with Gasteiger partial charge in [0.1, 0.15) is 5.60 Å². The number of carbonyl (C=O) groups is 1. The van der Waals surface area contributed by atoms with Crippen molar-refractivity contribution in [1.82, 2.24) is 10.3 Å². The highest BCUT2D eigenvalue weighted by atomic mass is 79.9. The van der Waals surface area contributed by atoms with Gasteiger partial charge in [-0.3, -0.25) is 10.3 Å².